The standard InChI is InChI=1S/C25H32F3N3O5/c1-15(2)20(22(32)25(26,27)28)30-24(34)21(17-9-11-18(35-3)12-10-17)31-23(33)19(29)14-36-13-16-7-5-4-6-8-16/h4-12,15,19-22,32H,13-14,29H2,1-3H3,(H,30,34)(H,31,33). The van der Waals surface area contributed by atoms with Gasteiger partial charge in [0.2, 0.25) is 11.8 Å². The maximum absolute atomic E-state index is 13.2. The molecule has 4 unspecified atom stereocenters. The highest BCUT2D eigenvalue weighted by atomic mass is 19.4. The molecule has 0 spiro atoms. The number of halogens is 3. The second-order valence-electron chi connectivity index (χ2n) is 8.59. The number of nitrogens with two attached hydrogens (primary N) is 1. The van der Waals surface area contributed by atoms with Crippen molar-refractivity contribution in [2.75, 3.05) is 13.7 Å². The van der Waals surface area contributed by atoms with Crippen molar-refractivity contribution in [2.45, 2.75) is 50.9 Å². The Morgan fingerprint density at radius 1 is 1.00 bits per heavy atom. The Balaban J connectivity index is 2.16. The molecule has 0 fully saturated rings. The van der Waals surface area contributed by atoms with Crippen LogP contribution in [0.5, 0.6) is 5.75 Å². The first-order valence-electron chi connectivity index (χ1n) is 11.3. The zero-order valence-electron chi connectivity index (χ0n) is 20.3. The third-order valence-electron chi connectivity index (χ3n) is 5.45. The number of aliphatic hydroxyl groups excluding tert-OH is 1. The highest BCUT2D eigenvalue weighted by molar-refractivity contribution is 5.90. The topological polar surface area (TPSA) is 123 Å². The van der Waals surface area contributed by atoms with Gasteiger partial charge in [0.15, 0.2) is 6.10 Å². The van der Waals surface area contributed by atoms with Gasteiger partial charge in [0.1, 0.15) is 17.8 Å². The predicted octanol–water partition coefficient (Wildman–Crippen LogP) is 2.46. The lowest BCUT2D eigenvalue weighted by Gasteiger charge is -2.31. The minimum atomic E-state index is -4.94. The molecule has 2 rings (SSSR count). The number of amides is 2. The van der Waals surface area contributed by atoms with E-state index in [2.05, 4.69) is 10.6 Å². The maximum atomic E-state index is 13.2. The van der Waals surface area contributed by atoms with Crippen LogP contribution in [0.4, 0.5) is 13.2 Å². The minimum Gasteiger partial charge on any atom is -0.497 e. The van der Waals surface area contributed by atoms with Crippen LogP contribution in [0, 0.1) is 5.92 Å². The molecule has 0 aliphatic carbocycles. The van der Waals surface area contributed by atoms with Crippen molar-refractivity contribution in [3.05, 3.63) is 65.7 Å². The quantitative estimate of drug-likeness (QED) is 0.347. The summed E-state index contributed by atoms with van der Waals surface area (Å²) in [7, 11) is 1.45. The van der Waals surface area contributed by atoms with E-state index in [1.165, 1.54) is 45.2 Å². The number of hydrogen-bond donors (Lipinski definition) is 4. The maximum Gasteiger partial charge on any atom is 0.416 e. The third kappa shape index (κ3) is 8.51. The van der Waals surface area contributed by atoms with Crippen molar-refractivity contribution < 1.29 is 37.3 Å². The van der Waals surface area contributed by atoms with E-state index in [0.717, 1.165) is 5.56 Å². The van der Waals surface area contributed by atoms with Gasteiger partial charge in [0, 0.05) is 0 Å². The Morgan fingerprint density at radius 3 is 2.14 bits per heavy atom. The van der Waals surface area contributed by atoms with Gasteiger partial charge in [-0.25, -0.2) is 0 Å². The number of carbonyl (C=O) groups excluding carboxylic acids is 2. The van der Waals surface area contributed by atoms with E-state index in [4.69, 9.17) is 15.2 Å². The van der Waals surface area contributed by atoms with E-state index in [9.17, 15) is 27.9 Å². The number of ether oxygens (including phenoxy) is 2. The molecule has 0 aliphatic heterocycles. The predicted molar refractivity (Wildman–Crippen MR) is 127 cm³/mol. The van der Waals surface area contributed by atoms with Crippen LogP contribution in [0.1, 0.15) is 31.0 Å². The van der Waals surface area contributed by atoms with Crippen molar-refractivity contribution in [2.24, 2.45) is 11.7 Å². The fourth-order valence-corrected chi connectivity index (χ4v) is 3.36. The number of methoxy groups -OCH3 is 1. The summed E-state index contributed by atoms with van der Waals surface area (Å²) >= 11 is 0. The summed E-state index contributed by atoms with van der Waals surface area (Å²) in [4.78, 5) is 25.9. The Bertz CT molecular complexity index is 971. The number of benzene rings is 2. The van der Waals surface area contributed by atoms with Crippen LogP contribution in [-0.2, 0) is 20.9 Å². The second kappa shape index (κ2) is 13.2. The molecule has 0 heterocycles. The van der Waals surface area contributed by atoms with E-state index >= 15 is 0 Å². The molecule has 0 aliphatic rings. The van der Waals surface area contributed by atoms with Crippen LogP contribution in [0.2, 0.25) is 0 Å². The molecule has 2 amide bonds. The number of carbonyl (C=O) groups is 2. The number of aliphatic hydroxyl groups is 1. The van der Waals surface area contributed by atoms with E-state index in [0.29, 0.717) is 5.75 Å². The van der Waals surface area contributed by atoms with E-state index in [1.54, 1.807) is 0 Å². The molecule has 5 N–H and O–H groups in total. The average Bonchev–Trinajstić information content (AvgIpc) is 2.85. The fraction of sp³-hybridized carbons (Fsp3) is 0.440. The van der Waals surface area contributed by atoms with E-state index in [1.807, 2.05) is 30.3 Å². The summed E-state index contributed by atoms with van der Waals surface area (Å²) in [5.41, 5.74) is 7.09. The molecule has 36 heavy (non-hydrogen) atoms. The summed E-state index contributed by atoms with van der Waals surface area (Å²) in [6, 6.07) is 11.1. The molecule has 2 aromatic carbocycles. The molecule has 2 aromatic rings. The van der Waals surface area contributed by atoms with Gasteiger partial charge in [-0.1, -0.05) is 56.3 Å². The average molecular weight is 512 g/mol. The lowest BCUT2D eigenvalue weighted by Crippen LogP contribution is -2.56. The first-order valence-corrected chi connectivity index (χ1v) is 11.3. The van der Waals surface area contributed by atoms with Gasteiger partial charge in [-0.2, -0.15) is 13.2 Å². The van der Waals surface area contributed by atoms with Gasteiger partial charge in [0.25, 0.3) is 0 Å². The largest absolute Gasteiger partial charge is 0.497 e. The first-order chi connectivity index (χ1) is 16.9. The number of hydrogen-bond acceptors (Lipinski definition) is 6. The Labute approximate surface area is 208 Å². The molecule has 0 saturated heterocycles. The highest BCUT2D eigenvalue weighted by Gasteiger charge is 2.45. The summed E-state index contributed by atoms with van der Waals surface area (Å²) in [5.74, 6) is -1.96. The molecule has 8 nitrogen and oxygen atoms in total. The zero-order valence-corrected chi connectivity index (χ0v) is 20.3. The molecule has 0 aromatic heterocycles. The lowest BCUT2D eigenvalue weighted by atomic mass is 9.96. The SMILES string of the molecule is COc1ccc(C(NC(=O)C(N)COCc2ccccc2)C(=O)NC(C(C)C)C(O)C(F)(F)F)cc1. The van der Waals surface area contributed by atoms with Gasteiger partial charge in [0.05, 0.1) is 26.4 Å². The lowest BCUT2D eigenvalue weighted by molar-refractivity contribution is -0.215. The monoisotopic (exact) mass is 511 g/mol. The zero-order chi connectivity index (χ0) is 26.9. The Morgan fingerprint density at radius 2 is 1.61 bits per heavy atom. The van der Waals surface area contributed by atoms with Crippen LogP contribution in [0.3, 0.4) is 0 Å². The highest BCUT2D eigenvalue weighted by Crippen LogP contribution is 2.26. The number of rotatable bonds is 12. The van der Waals surface area contributed by atoms with Gasteiger partial charge >= 0.3 is 6.18 Å². The molecule has 4 atom stereocenters. The smallest absolute Gasteiger partial charge is 0.416 e. The third-order valence-corrected chi connectivity index (χ3v) is 5.45. The molecule has 11 heteroatoms. The molecular weight excluding hydrogens is 479 g/mol. The van der Waals surface area contributed by atoms with Crippen molar-refractivity contribution in [3.63, 3.8) is 0 Å². The van der Waals surface area contributed by atoms with Crippen molar-refractivity contribution >= 4 is 11.8 Å². The van der Waals surface area contributed by atoms with Crippen LogP contribution < -0.4 is 21.1 Å². The van der Waals surface area contributed by atoms with Gasteiger partial charge in [-0.3, -0.25) is 9.59 Å². The molecular formula is C25H32F3N3O5. The summed E-state index contributed by atoms with van der Waals surface area (Å²) in [6.07, 6.45) is -7.73. The van der Waals surface area contributed by atoms with Crippen LogP contribution in [-0.4, -0.2) is 55.0 Å². The van der Waals surface area contributed by atoms with E-state index in [-0.39, 0.29) is 18.8 Å². The first kappa shape index (κ1) is 29.1. The second-order valence-corrected chi connectivity index (χ2v) is 8.59. The molecule has 0 saturated carbocycles. The summed E-state index contributed by atoms with van der Waals surface area (Å²) < 4.78 is 50.1. The van der Waals surface area contributed by atoms with Gasteiger partial charge in [-0.05, 0) is 29.2 Å². The molecule has 0 bridgehead atoms. The number of alkyl halides is 3. The van der Waals surface area contributed by atoms with Crippen molar-refractivity contribution in [1.29, 1.82) is 0 Å². The van der Waals surface area contributed by atoms with Gasteiger partial charge in [-0.15, -0.1) is 0 Å². The van der Waals surface area contributed by atoms with Crippen LogP contribution in [0.25, 0.3) is 0 Å². The van der Waals surface area contributed by atoms with E-state index < -0.39 is 48.1 Å². The van der Waals surface area contributed by atoms with Gasteiger partial charge < -0.3 is 30.9 Å². The Kier molecular flexibility index (Phi) is 10.7. The summed E-state index contributed by atoms with van der Waals surface area (Å²) in [6.45, 7) is 2.93. The minimum absolute atomic E-state index is 0.154. The Hall–Kier alpha value is -3.15. The summed E-state index contributed by atoms with van der Waals surface area (Å²) in [5, 5.41) is 14.5. The normalized spacial score (nSPS) is 15.0. The number of nitrogens with one attached hydrogen (secondary N) is 2. The van der Waals surface area contributed by atoms with Crippen LogP contribution in [0.15, 0.2) is 54.6 Å². The van der Waals surface area contributed by atoms with Crippen LogP contribution >= 0.6 is 0 Å². The van der Waals surface area contributed by atoms with Crippen molar-refractivity contribution in [1.82, 2.24) is 10.6 Å². The molecule has 0 radical (unpaired) electrons. The molecule has 198 valence electrons. The fourth-order valence-electron chi connectivity index (χ4n) is 3.36. The van der Waals surface area contributed by atoms with Crippen molar-refractivity contribution in [3.8, 4) is 5.75 Å².